The summed E-state index contributed by atoms with van der Waals surface area (Å²) in [4.78, 5) is 0. The molecule has 0 spiro atoms. The Morgan fingerprint density at radius 3 is 2.50 bits per heavy atom. The number of hydrogen-bond acceptors (Lipinski definition) is 5. The molecule has 2 atom stereocenters. The second-order valence-corrected chi connectivity index (χ2v) is 6.69. The Morgan fingerprint density at radius 2 is 2.06 bits per heavy atom. The van der Waals surface area contributed by atoms with Gasteiger partial charge in [-0.25, -0.2) is 8.42 Å². The molecule has 0 amide bonds. The lowest BCUT2D eigenvalue weighted by atomic mass is 10.00. The molecule has 3 N–H and O–H groups in total. The molecular formula is C10H24N2O3S. The molecule has 0 aromatic heterocycles. The van der Waals surface area contributed by atoms with E-state index < -0.39 is 9.84 Å². The molecule has 0 aromatic rings. The standard InChI is InChI=1S/C10H24N2O3S/c1-9(8-15-2)7-10(12-11)5-4-6-16(3,13)14/h9-10,12H,4-8,11H2,1-3H3. The van der Waals surface area contributed by atoms with E-state index >= 15 is 0 Å². The molecule has 0 rings (SSSR count). The van der Waals surface area contributed by atoms with E-state index in [9.17, 15) is 8.42 Å². The van der Waals surface area contributed by atoms with Gasteiger partial charge < -0.3 is 4.74 Å². The summed E-state index contributed by atoms with van der Waals surface area (Å²) in [6, 6.07) is 0.159. The summed E-state index contributed by atoms with van der Waals surface area (Å²) < 4.78 is 27.0. The van der Waals surface area contributed by atoms with E-state index in [0.29, 0.717) is 18.9 Å². The summed E-state index contributed by atoms with van der Waals surface area (Å²) in [7, 11) is -1.19. The first-order valence-corrected chi connectivity index (χ1v) is 7.58. The van der Waals surface area contributed by atoms with Gasteiger partial charge in [-0.15, -0.1) is 0 Å². The van der Waals surface area contributed by atoms with Gasteiger partial charge in [0.05, 0.1) is 0 Å². The molecule has 0 bridgehead atoms. The second kappa shape index (κ2) is 8.00. The van der Waals surface area contributed by atoms with Crippen LogP contribution in [0.2, 0.25) is 0 Å². The summed E-state index contributed by atoms with van der Waals surface area (Å²) in [6.07, 6.45) is 3.57. The van der Waals surface area contributed by atoms with Crippen LogP contribution in [0.15, 0.2) is 0 Å². The SMILES string of the molecule is COCC(C)CC(CCCS(C)(=O)=O)NN. The van der Waals surface area contributed by atoms with Crippen molar-refractivity contribution < 1.29 is 13.2 Å². The number of rotatable bonds is 9. The quantitative estimate of drug-likeness (QED) is 0.456. The molecule has 0 aliphatic carbocycles. The van der Waals surface area contributed by atoms with Gasteiger partial charge >= 0.3 is 0 Å². The van der Waals surface area contributed by atoms with Crippen molar-refractivity contribution in [2.24, 2.45) is 11.8 Å². The number of sulfone groups is 1. The molecule has 0 saturated heterocycles. The molecule has 0 aliphatic rings. The maximum absolute atomic E-state index is 11.0. The Bertz CT molecular complexity index is 267. The van der Waals surface area contributed by atoms with Crippen molar-refractivity contribution in [3.8, 4) is 0 Å². The number of hydrazine groups is 1. The molecule has 2 unspecified atom stereocenters. The van der Waals surface area contributed by atoms with Crippen LogP contribution in [0.3, 0.4) is 0 Å². The number of nitrogens with two attached hydrogens (primary N) is 1. The van der Waals surface area contributed by atoms with Crippen LogP contribution in [0.4, 0.5) is 0 Å². The largest absolute Gasteiger partial charge is 0.384 e. The van der Waals surface area contributed by atoms with Crippen LogP contribution in [-0.2, 0) is 14.6 Å². The van der Waals surface area contributed by atoms with Crippen LogP contribution < -0.4 is 11.3 Å². The molecule has 16 heavy (non-hydrogen) atoms. The highest BCUT2D eigenvalue weighted by Gasteiger charge is 2.12. The van der Waals surface area contributed by atoms with Crippen LogP contribution in [0.5, 0.6) is 0 Å². The molecule has 0 fully saturated rings. The van der Waals surface area contributed by atoms with Gasteiger partial charge in [-0.05, 0) is 25.2 Å². The fourth-order valence-electron chi connectivity index (χ4n) is 1.70. The molecule has 0 saturated carbocycles. The van der Waals surface area contributed by atoms with Crippen molar-refractivity contribution in [2.75, 3.05) is 25.7 Å². The second-order valence-electron chi connectivity index (χ2n) is 4.43. The van der Waals surface area contributed by atoms with Gasteiger partial charge in [0, 0.05) is 31.8 Å². The third kappa shape index (κ3) is 9.08. The third-order valence-electron chi connectivity index (χ3n) is 2.44. The lowest BCUT2D eigenvalue weighted by molar-refractivity contribution is 0.148. The van der Waals surface area contributed by atoms with Crippen LogP contribution >= 0.6 is 0 Å². The lowest BCUT2D eigenvalue weighted by Crippen LogP contribution is -2.37. The molecule has 5 nitrogen and oxygen atoms in total. The van der Waals surface area contributed by atoms with E-state index in [2.05, 4.69) is 12.3 Å². The number of nitrogens with one attached hydrogen (secondary N) is 1. The minimum absolute atomic E-state index is 0.159. The molecule has 0 aromatic carbocycles. The zero-order valence-corrected chi connectivity index (χ0v) is 11.2. The minimum atomic E-state index is -2.86. The van der Waals surface area contributed by atoms with Crippen LogP contribution in [-0.4, -0.2) is 40.2 Å². The van der Waals surface area contributed by atoms with Gasteiger partial charge in [-0.1, -0.05) is 6.92 Å². The first-order chi connectivity index (χ1) is 7.39. The van der Waals surface area contributed by atoms with Crippen molar-refractivity contribution >= 4 is 9.84 Å². The van der Waals surface area contributed by atoms with E-state index in [0.717, 1.165) is 12.8 Å². The summed E-state index contributed by atoms with van der Waals surface area (Å²) in [5.41, 5.74) is 2.73. The summed E-state index contributed by atoms with van der Waals surface area (Å²) in [5, 5.41) is 0. The lowest BCUT2D eigenvalue weighted by Gasteiger charge is -2.19. The molecule has 0 heterocycles. The monoisotopic (exact) mass is 252 g/mol. The Morgan fingerprint density at radius 1 is 1.44 bits per heavy atom. The maximum atomic E-state index is 11.0. The van der Waals surface area contributed by atoms with E-state index in [4.69, 9.17) is 10.6 Å². The van der Waals surface area contributed by atoms with E-state index in [1.165, 1.54) is 6.26 Å². The molecule has 6 heteroatoms. The van der Waals surface area contributed by atoms with Gasteiger partial charge in [0.15, 0.2) is 0 Å². The van der Waals surface area contributed by atoms with Crippen molar-refractivity contribution in [2.45, 2.75) is 32.2 Å². The first-order valence-electron chi connectivity index (χ1n) is 5.51. The summed E-state index contributed by atoms with van der Waals surface area (Å²) in [6.45, 7) is 2.79. The van der Waals surface area contributed by atoms with Gasteiger partial charge in [0.25, 0.3) is 0 Å². The third-order valence-corrected chi connectivity index (χ3v) is 3.47. The number of hydrogen-bond donors (Lipinski definition) is 2. The molecule has 98 valence electrons. The predicted octanol–water partition coefficient (Wildman–Crippen LogP) is 0.316. The van der Waals surface area contributed by atoms with Crippen molar-refractivity contribution in [3.63, 3.8) is 0 Å². The normalized spacial score (nSPS) is 16.0. The molecule has 0 radical (unpaired) electrons. The Labute approximate surface area is 98.6 Å². The minimum Gasteiger partial charge on any atom is -0.384 e. The van der Waals surface area contributed by atoms with Crippen molar-refractivity contribution in [3.05, 3.63) is 0 Å². The van der Waals surface area contributed by atoms with Crippen molar-refractivity contribution in [1.29, 1.82) is 0 Å². The van der Waals surface area contributed by atoms with Gasteiger partial charge in [0.2, 0.25) is 0 Å². The average molecular weight is 252 g/mol. The van der Waals surface area contributed by atoms with Crippen LogP contribution in [0, 0.1) is 5.92 Å². The maximum Gasteiger partial charge on any atom is 0.147 e. The van der Waals surface area contributed by atoms with Crippen molar-refractivity contribution in [1.82, 2.24) is 5.43 Å². The first kappa shape index (κ1) is 15.8. The highest BCUT2D eigenvalue weighted by atomic mass is 32.2. The molecule has 0 aliphatic heterocycles. The predicted molar refractivity (Wildman–Crippen MR) is 65.7 cm³/mol. The van der Waals surface area contributed by atoms with Gasteiger partial charge in [-0.3, -0.25) is 11.3 Å². The summed E-state index contributed by atoms with van der Waals surface area (Å²) in [5.74, 6) is 6.07. The van der Waals surface area contributed by atoms with E-state index in [1.54, 1.807) is 7.11 Å². The van der Waals surface area contributed by atoms with Gasteiger partial charge in [0.1, 0.15) is 9.84 Å². The zero-order valence-electron chi connectivity index (χ0n) is 10.4. The van der Waals surface area contributed by atoms with Crippen LogP contribution in [0.25, 0.3) is 0 Å². The highest BCUT2D eigenvalue weighted by Crippen LogP contribution is 2.10. The Balaban J connectivity index is 3.83. The summed E-state index contributed by atoms with van der Waals surface area (Å²) >= 11 is 0. The molecular weight excluding hydrogens is 228 g/mol. The van der Waals surface area contributed by atoms with E-state index in [-0.39, 0.29) is 11.8 Å². The average Bonchev–Trinajstić information content (AvgIpc) is 2.14. The number of methoxy groups -OCH3 is 1. The van der Waals surface area contributed by atoms with Gasteiger partial charge in [-0.2, -0.15) is 0 Å². The number of ether oxygens (including phenoxy) is 1. The Hall–Kier alpha value is -0.170. The topological polar surface area (TPSA) is 81.4 Å². The van der Waals surface area contributed by atoms with E-state index in [1.807, 2.05) is 0 Å². The fraction of sp³-hybridized carbons (Fsp3) is 1.00. The highest BCUT2D eigenvalue weighted by molar-refractivity contribution is 7.90. The zero-order chi connectivity index (χ0) is 12.6. The van der Waals surface area contributed by atoms with Crippen LogP contribution in [0.1, 0.15) is 26.2 Å². The Kier molecular flexibility index (Phi) is 7.91. The smallest absolute Gasteiger partial charge is 0.147 e. The fourth-order valence-corrected chi connectivity index (χ4v) is 2.39.